The molecule has 1 aromatic heterocycles. The SMILES string of the molecule is COCCN(Cc1cc(CNCC(C)C)sc1C)C(C)C. The van der Waals surface area contributed by atoms with E-state index in [2.05, 4.69) is 50.9 Å². The summed E-state index contributed by atoms with van der Waals surface area (Å²) >= 11 is 1.92. The Kier molecular flexibility index (Phi) is 8.49. The Hall–Kier alpha value is -0.420. The molecule has 0 atom stereocenters. The first-order chi connectivity index (χ1) is 9.93. The lowest BCUT2D eigenvalue weighted by molar-refractivity contribution is 0.125. The van der Waals surface area contributed by atoms with Gasteiger partial charge in [-0.15, -0.1) is 11.3 Å². The standard InChI is InChI=1S/C17H32N2OS/c1-13(2)10-18-11-17-9-16(15(5)21-17)12-19(14(3)4)7-8-20-6/h9,13-14,18H,7-8,10-12H2,1-6H3. The predicted octanol–water partition coefficient (Wildman–Crippen LogP) is 3.66. The highest BCUT2D eigenvalue weighted by Gasteiger charge is 2.13. The van der Waals surface area contributed by atoms with Crippen LogP contribution in [0.2, 0.25) is 0 Å². The molecule has 0 aliphatic rings. The van der Waals surface area contributed by atoms with E-state index in [1.165, 1.54) is 15.3 Å². The molecule has 1 rings (SSSR count). The Morgan fingerprint density at radius 1 is 1.29 bits per heavy atom. The molecule has 0 bridgehead atoms. The van der Waals surface area contributed by atoms with Gasteiger partial charge < -0.3 is 10.1 Å². The summed E-state index contributed by atoms with van der Waals surface area (Å²) in [6, 6.07) is 2.91. The summed E-state index contributed by atoms with van der Waals surface area (Å²) in [6.07, 6.45) is 0. The number of nitrogens with zero attached hydrogens (tertiary/aromatic N) is 1. The molecule has 1 aromatic rings. The molecule has 3 nitrogen and oxygen atoms in total. The van der Waals surface area contributed by atoms with Crippen molar-refractivity contribution in [2.45, 2.75) is 53.8 Å². The maximum Gasteiger partial charge on any atom is 0.0589 e. The molecule has 1 N–H and O–H groups in total. The van der Waals surface area contributed by atoms with Gasteiger partial charge in [0, 0.05) is 42.5 Å². The molecule has 122 valence electrons. The minimum absolute atomic E-state index is 0.543. The summed E-state index contributed by atoms with van der Waals surface area (Å²) in [5, 5.41) is 3.53. The molecule has 0 saturated carbocycles. The van der Waals surface area contributed by atoms with Crippen molar-refractivity contribution in [3.63, 3.8) is 0 Å². The van der Waals surface area contributed by atoms with Gasteiger partial charge in [-0.25, -0.2) is 0 Å². The molecule has 0 aliphatic heterocycles. The number of methoxy groups -OCH3 is 1. The van der Waals surface area contributed by atoms with Crippen molar-refractivity contribution >= 4 is 11.3 Å². The minimum Gasteiger partial charge on any atom is -0.383 e. The fraction of sp³-hybridized carbons (Fsp3) is 0.765. The van der Waals surface area contributed by atoms with Crippen LogP contribution in [0.4, 0.5) is 0 Å². The van der Waals surface area contributed by atoms with Crippen LogP contribution in [-0.4, -0.2) is 37.7 Å². The number of aryl methyl sites for hydroxylation is 1. The summed E-state index contributed by atoms with van der Waals surface area (Å²) in [5.41, 5.74) is 1.46. The number of ether oxygens (including phenoxy) is 1. The molecule has 0 aromatic carbocycles. The second kappa shape index (κ2) is 9.57. The number of nitrogens with one attached hydrogen (secondary N) is 1. The zero-order valence-electron chi connectivity index (χ0n) is 14.5. The van der Waals surface area contributed by atoms with Crippen molar-refractivity contribution in [2.75, 3.05) is 26.8 Å². The Bertz CT molecular complexity index is 401. The van der Waals surface area contributed by atoms with E-state index in [0.717, 1.165) is 32.8 Å². The minimum atomic E-state index is 0.543. The van der Waals surface area contributed by atoms with Crippen LogP contribution < -0.4 is 5.32 Å². The van der Waals surface area contributed by atoms with Crippen molar-refractivity contribution in [1.29, 1.82) is 0 Å². The molecule has 21 heavy (non-hydrogen) atoms. The fourth-order valence-corrected chi connectivity index (χ4v) is 3.29. The van der Waals surface area contributed by atoms with Gasteiger partial charge in [0.2, 0.25) is 0 Å². The van der Waals surface area contributed by atoms with Crippen LogP contribution in [-0.2, 0) is 17.8 Å². The molecule has 0 unspecified atom stereocenters. The number of hydrogen-bond donors (Lipinski definition) is 1. The number of hydrogen-bond acceptors (Lipinski definition) is 4. The first-order valence-corrected chi connectivity index (χ1v) is 8.77. The third kappa shape index (κ3) is 6.92. The summed E-state index contributed by atoms with van der Waals surface area (Å²) in [6.45, 7) is 16.1. The van der Waals surface area contributed by atoms with E-state index in [9.17, 15) is 0 Å². The molecule has 0 saturated heterocycles. The maximum atomic E-state index is 5.22. The van der Waals surface area contributed by atoms with E-state index < -0.39 is 0 Å². The van der Waals surface area contributed by atoms with E-state index in [1.807, 2.05) is 11.3 Å². The normalized spacial score (nSPS) is 12.0. The van der Waals surface area contributed by atoms with Crippen molar-refractivity contribution in [1.82, 2.24) is 10.2 Å². The molecule has 0 radical (unpaired) electrons. The van der Waals surface area contributed by atoms with Crippen LogP contribution in [0.1, 0.15) is 43.0 Å². The highest BCUT2D eigenvalue weighted by Crippen LogP contribution is 2.23. The van der Waals surface area contributed by atoms with E-state index in [-0.39, 0.29) is 0 Å². The summed E-state index contributed by atoms with van der Waals surface area (Å²) in [5.74, 6) is 0.705. The summed E-state index contributed by atoms with van der Waals surface area (Å²) < 4.78 is 5.22. The highest BCUT2D eigenvalue weighted by atomic mass is 32.1. The van der Waals surface area contributed by atoms with Crippen LogP contribution in [0.15, 0.2) is 6.07 Å². The van der Waals surface area contributed by atoms with Gasteiger partial charge >= 0.3 is 0 Å². The quantitative estimate of drug-likeness (QED) is 0.713. The average Bonchev–Trinajstić information content (AvgIpc) is 2.74. The smallest absolute Gasteiger partial charge is 0.0589 e. The molecule has 0 fully saturated rings. The van der Waals surface area contributed by atoms with Gasteiger partial charge in [0.1, 0.15) is 0 Å². The predicted molar refractivity (Wildman–Crippen MR) is 93.0 cm³/mol. The van der Waals surface area contributed by atoms with E-state index >= 15 is 0 Å². The topological polar surface area (TPSA) is 24.5 Å². The Morgan fingerprint density at radius 2 is 2.00 bits per heavy atom. The van der Waals surface area contributed by atoms with E-state index in [0.29, 0.717) is 12.0 Å². The Balaban J connectivity index is 2.59. The molecular formula is C17H32N2OS. The Morgan fingerprint density at radius 3 is 2.57 bits per heavy atom. The summed E-state index contributed by atoms with van der Waals surface area (Å²) in [4.78, 5) is 5.36. The highest BCUT2D eigenvalue weighted by molar-refractivity contribution is 7.12. The lowest BCUT2D eigenvalue weighted by atomic mass is 10.2. The fourth-order valence-electron chi connectivity index (χ4n) is 2.26. The molecule has 0 spiro atoms. The van der Waals surface area contributed by atoms with E-state index in [1.54, 1.807) is 7.11 Å². The third-order valence-corrected chi connectivity index (χ3v) is 4.70. The molecule has 0 aliphatic carbocycles. The van der Waals surface area contributed by atoms with Crippen molar-refractivity contribution in [2.24, 2.45) is 5.92 Å². The van der Waals surface area contributed by atoms with Gasteiger partial charge in [-0.3, -0.25) is 4.90 Å². The van der Waals surface area contributed by atoms with Crippen LogP contribution in [0.25, 0.3) is 0 Å². The second-order valence-electron chi connectivity index (χ2n) is 6.38. The first kappa shape index (κ1) is 18.6. The molecule has 0 amide bonds. The van der Waals surface area contributed by atoms with Crippen LogP contribution in [0.3, 0.4) is 0 Å². The van der Waals surface area contributed by atoms with Gasteiger partial charge in [0.05, 0.1) is 6.61 Å². The van der Waals surface area contributed by atoms with Crippen LogP contribution in [0, 0.1) is 12.8 Å². The van der Waals surface area contributed by atoms with Gasteiger partial charge in [-0.1, -0.05) is 13.8 Å². The van der Waals surface area contributed by atoms with Crippen molar-refractivity contribution in [3.8, 4) is 0 Å². The zero-order chi connectivity index (χ0) is 15.8. The molecule has 1 heterocycles. The lowest BCUT2D eigenvalue weighted by Gasteiger charge is -2.26. The average molecular weight is 313 g/mol. The first-order valence-electron chi connectivity index (χ1n) is 7.96. The zero-order valence-corrected chi connectivity index (χ0v) is 15.3. The second-order valence-corrected chi connectivity index (χ2v) is 7.72. The Labute approximate surface area is 134 Å². The number of rotatable bonds is 10. The number of thiophene rings is 1. The van der Waals surface area contributed by atoms with Crippen molar-refractivity contribution in [3.05, 3.63) is 21.4 Å². The monoisotopic (exact) mass is 312 g/mol. The largest absolute Gasteiger partial charge is 0.383 e. The molecule has 4 heteroatoms. The summed E-state index contributed by atoms with van der Waals surface area (Å²) in [7, 11) is 1.77. The van der Waals surface area contributed by atoms with Gasteiger partial charge in [0.25, 0.3) is 0 Å². The molecular weight excluding hydrogens is 280 g/mol. The van der Waals surface area contributed by atoms with Gasteiger partial charge in [-0.2, -0.15) is 0 Å². The maximum absolute atomic E-state index is 5.22. The van der Waals surface area contributed by atoms with Gasteiger partial charge in [-0.05, 0) is 44.9 Å². The van der Waals surface area contributed by atoms with Crippen molar-refractivity contribution < 1.29 is 4.74 Å². The lowest BCUT2D eigenvalue weighted by Crippen LogP contribution is -2.33. The van der Waals surface area contributed by atoms with E-state index in [4.69, 9.17) is 4.74 Å². The van der Waals surface area contributed by atoms with Crippen LogP contribution >= 0.6 is 11.3 Å². The van der Waals surface area contributed by atoms with Gasteiger partial charge in [0.15, 0.2) is 0 Å². The third-order valence-electron chi connectivity index (χ3n) is 3.61. The van der Waals surface area contributed by atoms with Crippen LogP contribution in [0.5, 0.6) is 0 Å².